The van der Waals surface area contributed by atoms with E-state index < -0.39 is 0 Å². The van der Waals surface area contributed by atoms with Gasteiger partial charge in [-0.3, -0.25) is 9.79 Å². The molecule has 0 saturated carbocycles. The Bertz CT molecular complexity index is 813. The van der Waals surface area contributed by atoms with Crippen LogP contribution in [0, 0.1) is 0 Å². The van der Waals surface area contributed by atoms with Crippen LogP contribution in [-0.2, 0) is 6.42 Å². The van der Waals surface area contributed by atoms with E-state index in [4.69, 9.17) is 9.41 Å². The molecule has 170 valence electrons. The number of carbonyl (C=O) groups excluding carboxylic acids is 1. The van der Waals surface area contributed by atoms with Crippen LogP contribution in [0.15, 0.2) is 52.1 Å². The minimum absolute atomic E-state index is 0. The molecular formula is C23H34IN5O2. The summed E-state index contributed by atoms with van der Waals surface area (Å²) in [7, 11) is 4.11. The summed E-state index contributed by atoms with van der Waals surface area (Å²) in [5.74, 6) is 1.30. The molecule has 3 rings (SSSR count). The standard InChI is InChI=1S/C23H33N5O2.HI/c1-4-24-23(25-13-5-7-19-9-11-20(12-10-19)26(2)3)28-16-14-27(15-17-28)22(29)21-8-6-18-30-21;/h6,8-12,18H,4-5,7,13-17H2,1-3H3,(H,24,25);1H. The molecule has 0 spiro atoms. The lowest BCUT2D eigenvalue weighted by Crippen LogP contribution is -2.53. The first-order valence-corrected chi connectivity index (χ1v) is 10.7. The van der Waals surface area contributed by atoms with Gasteiger partial charge in [0, 0.05) is 59.1 Å². The van der Waals surface area contributed by atoms with Gasteiger partial charge in [0.2, 0.25) is 0 Å². The van der Waals surface area contributed by atoms with Gasteiger partial charge in [0.25, 0.3) is 5.91 Å². The Morgan fingerprint density at radius 1 is 1.10 bits per heavy atom. The molecule has 1 aliphatic heterocycles. The maximum Gasteiger partial charge on any atom is 0.289 e. The van der Waals surface area contributed by atoms with E-state index >= 15 is 0 Å². The van der Waals surface area contributed by atoms with Crippen LogP contribution in [0.3, 0.4) is 0 Å². The van der Waals surface area contributed by atoms with Crippen LogP contribution in [-0.4, -0.2) is 75.0 Å². The highest BCUT2D eigenvalue weighted by Crippen LogP contribution is 2.14. The fourth-order valence-corrected chi connectivity index (χ4v) is 3.53. The average Bonchev–Trinajstić information content (AvgIpc) is 3.31. The van der Waals surface area contributed by atoms with Crippen molar-refractivity contribution in [3.05, 3.63) is 54.0 Å². The normalized spacial score (nSPS) is 14.2. The number of guanidine groups is 1. The third kappa shape index (κ3) is 7.15. The van der Waals surface area contributed by atoms with Gasteiger partial charge >= 0.3 is 0 Å². The molecule has 7 nitrogen and oxygen atoms in total. The monoisotopic (exact) mass is 539 g/mol. The third-order valence-corrected chi connectivity index (χ3v) is 5.27. The number of rotatable bonds is 7. The van der Waals surface area contributed by atoms with Gasteiger partial charge in [-0.05, 0) is 49.6 Å². The molecule has 8 heteroatoms. The quantitative estimate of drug-likeness (QED) is 0.253. The highest BCUT2D eigenvalue weighted by Gasteiger charge is 2.25. The van der Waals surface area contributed by atoms with Crippen LogP contribution < -0.4 is 10.2 Å². The number of nitrogens with one attached hydrogen (secondary N) is 1. The molecule has 1 N–H and O–H groups in total. The number of anilines is 1. The summed E-state index contributed by atoms with van der Waals surface area (Å²) >= 11 is 0. The average molecular weight is 539 g/mol. The van der Waals surface area contributed by atoms with Gasteiger partial charge in [-0.25, -0.2) is 0 Å². The number of hydrogen-bond donors (Lipinski definition) is 1. The molecule has 2 aromatic rings. The van der Waals surface area contributed by atoms with E-state index in [1.54, 1.807) is 12.1 Å². The molecule has 1 aliphatic rings. The lowest BCUT2D eigenvalue weighted by molar-refractivity contribution is 0.0657. The second kappa shape index (κ2) is 12.6. The van der Waals surface area contributed by atoms with E-state index in [1.165, 1.54) is 17.5 Å². The van der Waals surface area contributed by atoms with Crippen molar-refractivity contribution in [2.45, 2.75) is 19.8 Å². The van der Waals surface area contributed by atoms with Crippen LogP contribution in [0.25, 0.3) is 0 Å². The predicted molar refractivity (Wildman–Crippen MR) is 137 cm³/mol. The van der Waals surface area contributed by atoms with E-state index in [9.17, 15) is 4.79 Å². The zero-order valence-electron chi connectivity index (χ0n) is 18.7. The molecule has 1 aromatic carbocycles. The van der Waals surface area contributed by atoms with Crippen molar-refractivity contribution in [3.8, 4) is 0 Å². The highest BCUT2D eigenvalue weighted by molar-refractivity contribution is 14.0. The van der Waals surface area contributed by atoms with Crippen LogP contribution in [0.2, 0.25) is 0 Å². The summed E-state index contributed by atoms with van der Waals surface area (Å²) in [5, 5.41) is 3.39. The number of nitrogens with zero attached hydrogens (tertiary/aromatic N) is 4. The minimum atomic E-state index is -0.0399. The van der Waals surface area contributed by atoms with Gasteiger partial charge in [-0.2, -0.15) is 0 Å². The van der Waals surface area contributed by atoms with E-state index in [2.05, 4.69) is 60.4 Å². The number of aryl methyl sites for hydroxylation is 1. The predicted octanol–water partition coefficient (Wildman–Crippen LogP) is 3.32. The summed E-state index contributed by atoms with van der Waals surface area (Å²) in [6.45, 7) is 6.57. The molecule has 1 fully saturated rings. The molecule has 0 bridgehead atoms. The molecule has 31 heavy (non-hydrogen) atoms. The molecule has 1 saturated heterocycles. The SMILES string of the molecule is CCNC(=NCCCc1ccc(N(C)C)cc1)N1CCN(C(=O)c2ccco2)CC1.I. The van der Waals surface area contributed by atoms with Crippen molar-refractivity contribution in [2.75, 3.05) is 58.3 Å². The Morgan fingerprint density at radius 2 is 1.77 bits per heavy atom. The highest BCUT2D eigenvalue weighted by atomic mass is 127. The van der Waals surface area contributed by atoms with Gasteiger partial charge in [0.05, 0.1) is 6.26 Å². The first-order chi connectivity index (χ1) is 14.6. The lowest BCUT2D eigenvalue weighted by Gasteiger charge is -2.36. The van der Waals surface area contributed by atoms with Crippen LogP contribution in [0.4, 0.5) is 5.69 Å². The summed E-state index contributed by atoms with van der Waals surface area (Å²) in [5.41, 5.74) is 2.56. The summed E-state index contributed by atoms with van der Waals surface area (Å²) in [4.78, 5) is 23.4. The molecule has 0 radical (unpaired) electrons. The van der Waals surface area contributed by atoms with Crippen molar-refractivity contribution in [1.29, 1.82) is 0 Å². The topological polar surface area (TPSA) is 64.3 Å². The van der Waals surface area contributed by atoms with E-state index in [0.29, 0.717) is 18.8 Å². The van der Waals surface area contributed by atoms with Crippen molar-refractivity contribution < 1.29 is 9.21 Å². The largest absolute Gasteiger partial charge is 0.459 e. The summed E-state index contributed by atoms with van der Waals surface area (Å²) < 4.78 is 5.24. The van der Waals surface area contributed by atoms with E-state index in [1.807, 2.05) is 4.90 Å². The maximum absolute atomic E-state index is 12.4. The zero-order valence-corrected chi connectivity index (χ0v) is 21.0. The number of benzene rings is 1. The number of amides is 1. The van der Waals surface area contributed by atoms with E-state index in [-0.39, 0.29) is 29.9 Å². The van der Waals surface area contributed by atoms with Crippen LogP contribution >= 0.6 is 24.0 Å². The Balaban J connectivity index is 0.00000341. The smallest absolute Gasteiger partial charge is 0.289 e. The fourth-order valence-electron chi connectivity index (χ4n) is 3.53. The number of piperazine rings is 1. The first-order valence-electron chi connectivity index (χ1n) is 10.7. The molecule has 1 amide bonds. The Kier molecular flexibility index (Phi) is 10.2. The Morgan fingerprint density at radius 3 is 2.35 bits per heavy atom. The van der Waals surface area contributed by atoms with Gasteiger partial charge in [0.1, 0.15) is 0 Å². The van der Waals surface area contributed by atoms with E-state index in [0.717, 1.165) is 45.0 Å². The van der Waals surface area contributed by atoms with Crippen LogP contribution in [0.1, 0.15) is 29.5 Å². The molecule has 0 aliphatic carbocycles. The maximum atomic E-state index is 12.4. The van der Waals surface area contributed by atoms with Crippen LogP contribution in [0.5, 0.6) is 0 Å². The van der Waals surface area contributed by atoms with Gasteiger partial charge in [-0.1, -0.05) is 12.1 Å². The number of carbonyl (C=O) groups is 1. The van der Waals surface area contributed by atoms with Gasteiger partial charge < -0.3 is 24.4 Å². The van der Waals surface area contributed by atoms with Crippen molar-refractivity contribution >= 4 is 41.5 Å². The third-order valence-electron chi connectivity index (χ3n) is 5.27. The summed E-state index contributed by atoms with van der Waals surface area (Å²) in [6.07, 6.45) is 3.56. The molecule has 2 heterocycles. The van der Waals surface area contributed by atoms with Gasteiger partial charge in [-0.15, -0.1) is 24.0 Å². The number of aliphatic imine (C=N–C) groups is 1. The number of halogens is 1. The summed E-state index contributed by atoms with van der Waals surface area (Å²) in [6, 6.07) is 12.2. The van der Waals surface area contributed by atoms with Crippen molar-refractivity contribution in [1.82, 2.24) is 15.1 Å². The first kappa shape index (κ1) is 25.0. The molecule has 1 aromatic heterocycles. The molecular weight excluding hydrogens is 505 g/mol. The lowest BCUT2D eigenvalue weighted by atomic mass is 10.1. The minimum Gasteiger partial charge on any atom is -0.459 e. The van der Waals surface area contributed by atoms with Gasteiger partial charge in [0.15, 0.2) is 11.7 Å². The van der Waals surface area contributed by atoms with Crippen molar-refractivity contribution in [2.24, 2.45) is 4.99 Å². The molecule has 0 unspecified atom stereocenters. The number of furan rings is 1. The number of hydrogen-bond acceptors (Lipinski definition) is 4. The Labute approximate surface area is 202 Å². The zero-order chi connectivity index (χ0) is 21.3. The Hall–Kier alpha value is -2.23. The second-order valence-electron chi connectivity index (χ2n) is 7.66. The molecule has 0 atom stereocenters. The fraction of sp³-hybridized carbons (Fsp3) is 0.478. The second-order valence-corrected chi connectivity index (χ2v) is 7.66. The van der Waals surface area contributed by atoms with Crippen molar-refractivity contribution in [3.63, 3.8) is 0 Å².